The van der Waals surface area contributed by atoms with Crippen molar-refractivity contribution in [3.63, 3.8) is 0 Å². The molecule has 21 heavy (non-hydrogen) atoms. The molecule has 0 saturated heterocycles. The van der Waals surface area contributed by atoms with Crippen LogP contribution in [0, 0.1) is 5.92 Å². The summed E-state index contributed by atoms with van der Waals surface area (Å²) in [6, 6.07) is 8.60. The summed E-state index contributed by atoms with van der Waals surface area (Å²) in [4.78, 5) is 11.3. The molecule has 1 N–H and O–H groups in total. The summed E-state index contributed by atoms with van der Waals surface area (Å²) in [7, 11) is 4.33. The van der Waals surface area contributed by atoms with Crippen LogP contribution >= 0.6 is 0 Å². The third-order valence-electron chi connectivity index (χ3n) is 4.28. The molecule has 2 aromatic heterocycles. The van der Waals surface area contributed by atoms with Gasteiger partial charge in [-0.05, 0) is 70.0 Å². The zero-order valence-corrected chi connectivity index (χ0v) is 12.9. The summed E-state index contributed by atoms with van der Waals surface area (Å²) in [6.45, 7) is 1.21. The van der Waals surface area contributed by atoms with E-state index < -0.39 is 0 Å². The number of nitrogens with zero attached hydrogens (tertiary/aromatic N) is 3. The standard InChI is InChI=1S/C17H24N4/c1-21(2)12-13-5-7-14(8-6-13)19-17-10-9-15-16(20-17)4-3-11-18-15/h3-4,9-11,13-14H,5-8,12H2,1-2H3,(H,19,20). The third kappa shape index (κ3) is 3.70. The Hall–Kier alpha value is -1.68. The number of hydrogen-bond donors (Lipinski definition) is 1. The average Bonchev–Trinajstić information content (AvgIpc) is 2.49. The van der Waals surface area contributed by atoms with E-state index in [4.69, 9.17) is 0 Å². The molecule has 1 saturated carbocycles. The average molecular weight is 284 g/mol. The largest absolute Gasteiger partial charge is 0.367 e. The quantitative estimate of drug-likeness (QED) is 0.936. The van der Waals surface area contributed by atoms with E-state index in [2.05, 4.69) is 34.3 Å². The van der Waals surface area contributed by atoms with Crippen molar-refractivity contribution in [2.24, 2.45) is 5.92 Å². The van der Waals surface area contributed by atoms with E-state index in [9.17, 15) is 0 Å². The maximum atomic E-state index is 4.65. The lowest BCUT2D eigenvalue weighted by molar-refractivity contribution is 0.255. The van der Waals surface area contributed by atoms with Crippen LogP contribution in [0.25, 0.3) is 11.0 Å². The van der Waals surface area contributed by atoms with E-state index >= 15 is 0 Å². The number of rotatable bonds is 4. The Bertz CT molecular complexity index is 588. The normalized spacial score (nSPS) is 22.6. The molecule has 0 unspecified atom stereocenters. The van der Waals surface area contributed by atoms with E-state index in [1.807, 2.05) is 30.5 Å². The zero-order chi connectivity index (χ0) is 14.7. The van der Waals surface area contributed by atoms with Gasteiger partial charge in [0.2, 0.25) is 0 Å². The summed E-state index contributed by atoms with van der Waals surface area (Å²) < 4.78 is 0. The van der Waals surface area contributed by atoms with Crippen molar-refractivity contribution >= 4 is 16.9 Å². The summed E-state index contributed by atoms with van der Waals surface area (Å²) in [6.07, 6.45) is 6.91. The molecule has 1 aliphatic carbocycles. The fraction of sp³-hybridized carbons (Fsp3) is 0.529. The monoisotopic (exact) mass is 284 g/mol. The molecular formula is C17H24N4. The maximum absolute atomic E-state index is 4.65. The van der Waals surface area contributed by atoms with Crippen molar-refractivity contribution in [3.8, 4) is 0 Å². The van der Waals surface area contributed by atoms with Gasteiger partial charge in [-0.25, -0.2) is 4.98 Å². The highest BCUT2D eigenvalue weighted by molar-refractivity contribution is 5.75. The second kappa shape index (κ2) is 6.39. The molecule has 2 aromatic rings. The first-order chi connectivity index (χ1) is 10.2. The molecular weight excluding hydrogens is 260 g/mol. The molecule has 0 aliphatic heterocycles. The maximum Gasteiger partial charge on any atom is 0.126 e. The molecule has 2 heterocycles. The van der Waals surface area contributed by atoms with Crippen molar-refractivity contribution in [2.45, 2.75) is 31.7 Å². The minimum atomic E-state index is 0.560. The van der Waals surface area contributed by atoms with Gasteiger partial charge in [-0.3, -0.25) is 4.98 Å². The minimum Gasteiger partial charge on any atom is -0.367 e. The number of anilines is 1. The molecule has 4 nitrogen and oxygen atoms in total. The van der Waals surface area contributed by atoms with Gasteiger partial charge in [0, 0.05) is 18.8 Å². The number of aromatic nitrogens is 2. The predicted octanol–water partition coefficient (Wildman–Crippen LogP) is 3.16. The Kier molecular flexibility index (Phi) is 4.34. The van der Waals surface area contributed by atoms with Crippen molar-refractivity contribution in [3.05, 3.63) is 30.5 Å². The van der Waals surface area contributed by atoms with Gasteiger partial charge in [0.15, 0.2) is 0 Å². The van der Waals surface area contributed by atoms with Gasteiger partial charge in [0.1, 0.15) is 5.82 Å². The molecule has 0 radical (unpaired) electrons. The Labute approximate surface area is 126 Å². The molecule has 1 aliphatic rings. The van der Waals surface area contributed by atoms with Crippen LogP contribution in [0.1, 0.15) is 25.7 Å². The first kappa shape index (κ1) is 14.3. The number of nitrogens with one attached hydrogen (secondary N) is 1. The van der Waals surface area contributed by atoms with Crippen LogP contribution in [0.2, 0.25) is 0 Å². The summed E-state index contributed by atoms with van der Waals surface area (Å²) in [5.41, 5.74) is 1.92. The highest BCUT2D eigenvalue weighted by Gasteiger charge is 2.21. The highest BCUT2D eigenvalue weighted by Crippen LogP contribution is 2.27. The van der Waals surface area contributed by atoms with Gasteiger partial charge < -0.3 is 10.2 Å². The van der Waals surface area contributed by atoms with Gasteiger partial charge >= 0.3 is 0 Å². The first-order valence-electron chi connectivity index (χ1n) is 7.84. The van der Waals surface area contributed by atoms with Crippen LogP contribution < -0.4 is 5.32 Å². The van der Waals surface area contributed by atoms with Gasteiger partial charge in [0.05, 0.1) is 11.0 Å². The van der Waals surface area contributed by atoms with E-state index in [-0.39, 0.29) is 0 Å². The van der Waals surface area contributed by atoms with Crippen LogP contribution in [-0.2, 0) is 0 Å². The second-order valence-electron chi connectivity index (χ2n) is 6.36. The number of fused-ring (bicyclic) bond motifs is 1. The fourth-order valence-electron chi connectivity index (χ4n) is 3.25. The lowest BCUT2D eigenvalue weighted by Crippen LogP contribution is -2.31. The number of pyridine rings is 2. The molecule has 0 bridgehead atoms. The van der Waals surface area contributed by atoms with E-state index in [0.29, 0.717) is 6.04 Å². The Morgan fingerprint density at radius 3 is 2.67 bits per heavy atom. The van der Waals surface area contributed by atoms with Crippen molar-refractivity contribution in [1.82, 2.24) is 14.9 Å². The molecule has 0 spiro atoms. The van der Waals surface area contributed by atoms with E-state index in [0.717, 1.165) is 22.8 Å². The molecule has 0 amide bonds. The van der Waals surface area contributed by atoms with Crippen LogP contribution in [0.4, 0.5) is 5.82 Å². The predicted molar refractivity (Wildman–Crippen MR) is 87.5 cm³/mol. The minimum absolute atomic E-state index is 0.560. The van der Waals surface area contributed by atoms with Crippen molar-refractivity contribution in [2.75, 3.05) is 26.0 Å². The number of hydrogen-bond acceptors (Lipinski definition) is 4. The van der Waals surface area contributed by atoms with Crippen molar-refractivity contribution < 1.29 is 0 Å². The summed E-state index contributed by atoms with van der Waals surface area (Å²) in [5, 5.41) is 3.59. The Balaban J connectivity index is 1.59. The van der Waals surface area contributed by atoms with Gasteiger partial charge in [-0.2, -0.15) is 0 Å². The Morgan fingerprint density at radius 1 is 1.10 bits per heavy atom. The second-order valence-corrected chi connectivity index (χ2v) is 6.36. The smallest absolute Gasteiger partial charge is 0.126 e. The zero-order valence-electron chi connectivity index (χ0n) is 12.9. The molecule has 3 rings (SSSR count). The lowest BCUT2D eigenvalue weighted by atomic mass is 9.86. The Morgan fingerprint density at radius 2 is 1.90 bits per heavy atom. The van der Waals surface area contributed by atoms with Gasteiger partial charge in [0.25, 0.3) is 0 Å². The SMILES string of the molecule is CN(C)CC1CCC(Nc2ccc3ncccc3n2)CC1. The van der Waals surface area contributed by atoms with Crippen LogP contribution in [-0.4, -0.2) is 41.5 Å². The van der Waals surface area contributed by atoms with E-state index in [1.165, 1.54) is 32.2 Å². The van der Waals surface area contributed by atoms with Crippen LogP contribution in [0.15, 0.2) is 30.5 Å². The lowest BCUT2D eigenvalue weighted by Gasteiger charge is -2.31. The molecule has 4 heteroatoms. The van der Waals surface area contributed by atoms with Crippen LogP contribution in [0.3, 0.4) is 0 Å². The summed E-state index contributed by atoms with van der Waals surface area (Å²) in [5.74, 6) is 1.83. The van der Waals surface area contributed by atoms with Gasteiger partial charge in [-0.15, -0.1) is 0 Å². The third-order valence-corrected chi connectivity index (χ3v) is 4.28. The van der Waals surface area contributed by atoms with E-state index in [1.54, 1.807) is 0 Å². The molecule has 112 valence electrons. The molecule has 0 atom stereocenters. The van der Waals surface area contributed by atoms with Crippen molar-refractivity contribution in [1.29, 1.82) is 0 Å². The van der Waals surface area contributed by atoms with Gasteiger partial charge in [-0.1, -0.05) is 0 Å². The molecule has 1 fully saturated rings. The summed E-state index contributed by atoms with van der Waals surface area (Å²) >= 11 is 0. The first-order valence-corrected chi connectivity index (χ1v) is 7.84. The highest BCUT2D eigenvalue weighted by atomic mass is 15.1. The topological polar surface area (TPSA) is 41.0 Å². The van der Waals surface area contributed by atoms with Crippen LogP contribution in [0.5, 0.6) is 0 Å². The molecule has 0 aromatic carbocycles. The fourth-order valence-corrected chi connectivity index (χ4v) is 3.25.